The molecule has 9 heteroatoms. The van der Waals surface area contributed by atoms with Crippen molar-refractivity contribution in [2.75, 3.05) is 4.90 Å². The zero-order valence-corrected chi connectivity index (χ0v) is 11.1. The van der Waals surface area contributed by atoms with Crippen LogP contribution < -0.4 is 10.0 Å². The smallest absolute Gasteiger partial charge is 0.259 e. The number of anilines is 1. The zero-order valence-electron chi connectivity index (χ0n) is 10.3. The molecule has 0 fully saturated rings. The van der Waals surface area contributed by atoms with Crippen LogP contribution in [0, 0.1) is 5.82 Å². The molecule has 2 N–H and O–H groups in total. The third-order valence-electron chi connectivity index (χ3n) is 3.09. The van der Waals surface area contributed by atoms with Crippen LogP contribution in [-0.2, 0) is 21.2 Å². The van der Waals surface area contributed by atoms with Crippen LogP contribution in [0.2, 0.25) is 0 Å². The molecule has 0 saturated carbocycles. The summed E-state index contributed by atoms with van der Waals surface area (Å²) in [5.74, 6) is -1.80. The molecule has 1 atom stereocenters. The molecule has 5 nitrogen and oxygen atoms in total. The molecule has 1 aliphatic rings. The van der Waals surface area contributed by atoms with E-state index in [1.54, 1.807) is 0 Å². The van der Waals surface area contributed by atoms with Crippen molar-refractivity contribution in [1.29, 1.82) is 0 Å². The van der Waals surface area contributed by atoms with Gasteiger partial charge in [-0.15, -0.1) is 0 Å². The number of carbonyl (C=O) groups is 1. The molecule has 1 amide bonds. The standard InChI is InChI=1S/C11H11F3N2O3S/c1-5(17)16-8-4-10(20(15,18)19)7(12)2-6(8)3-9(16)11(13)14/h2,4,9,11H,3H2,1H3,(H2,15,18,19). The molecule has 1 aromatic carbocycles. The summed E-state index contributed by atoms with van der Waals surface area (Å²) in [5.41, 5.74) is 0.101. The number of hydrogen-bond acceptors (Lipinski definition) is 3. The summed E-state index contributed by atoms with van der Waals surface area (Å²) < 4.78 is 61.9. The first kappa shape index (κ1) is 14.8. The molecule has 110 valence electrons. The van der Waals surface area contributed by atoms with E-state index in [9.17, 15) is 26.4 Å². The highest BCUT2D eigenvalue weighted by Crippen LogP contribution is 2.37. The van der Waals surface area contributed by atoms with Crippen molar-refractivity contribution in [1.82, 2.24) is 0 Å². The van der Waals surface area contributed by atoms with E-state index in [0.29, 0.717) is 0 Å². The Morgan fingerprint density at radius 3 is 2.50 bits per heavy atom. The first-order valence-corrected chi connectivity index (χ1v) is 7.10. The largest absolute Gasteiger partial charge is 0.303 e. The quantitative estimate of drug-likeness (QED) is 0.885. The predicted octanol–water partition coefficient (Wildman–Crippen LogP) is 1.02. The second kappa shape index (κ2) is 4.74. The molecule has 1 heterocycles. The summed E-state index contributed by atoms with van der Waals surface area (Å²) in [5, 5.41) is 4.85. The van der Waals surface area contributed by atoms with Gasteiger partial charge in [0.15, 0.2) is 0 Å². The van der Waals surface area contributed by atoms with E-state index in [4.69, 9.17) is 5.14 Å². The lowest BCUT2D eigenvalue weighted by Crippen LogP contribution is -2.40. The topological polar surface area (TPSA) is 80.5 Å². The van der Waals surface area contributed by atoms with Gasteiger partial charge in [-0.2, -0.15) is 0 Å². The van der Waals surface area contributed by atoms with E-state index in [-0.39, 0.29) is 17.7 Å². The Bertz CT molecular complexity index is 676. The van der Waals surface area contributed by atoms with Gasteiger partial charge in [-0.1, -0.05) is 0 Å². The Balaban J connectivity index is 2.63. The SMILES string of the molecule is CC(=O)N1c2cc(S(N)(=O)=O)c(F)cc2CC1C(F)F. The molecular weight excluding hydrogens is 297 g/mol. The van der Waals surface area contributed by atoms with Crippen molar-refractivity contribution in [3.05, 3.63) is 23.5 Å². The van der Waals surface area contributed by atoms with Gasteiger partial charge in [-0.3, -0.25) is 4.79 Å². The molecule has 0 aromatic heterocycles. The fraction of sp³-hybridized carbons (Fsp3) is 0.364. The van der Waals surface area contributed by atoms with Crippen molar-refractivity contribution >= 4 is 21.6 Å². The molecule has 1 aliphatic heterocycles. The minimum atomic E-state index is -4.34. The summed E-state index contributed by atoms with van der Waals surface area (Å²) in [4.78, 5) is 11.4. The van der Waals surface area contributed by atoms with Crippen LogP contribution in [0.25, 0.3) is 0 Å². The van der Waals surface area contributed by atoms with Gasteiger partial charge >= 0.3 is 0 Å². The van der Waals surface area contributed by atoms with Crippen molar-refractivity contribution < 1.29 is 26.4 Å². The van der Waals surface area contributed by atoms with Gasteiger partial charge in [0.2, 0.25) is 15.9 Å². The minimum Gasteiger partial charge on any atom is -0.303 e. The van der Waals surface area contributed by atoms with Gasteiger partial charge in [0, 0.05) is 19.0 Å². The Labute approximate surface area is 113 Å². The second-order valence-corrected chi connectivity index (χ2v) is 5.98. The molecule has 0 bridgehead atoms. The second-order valence-electron chi connectivity index (χ2n) is 4.45. The monoisotopic (exact) mass is 308 g/mol. The van der Waals surface area contributed by atoms with Crippen LogP contribution in [-0.4, -0.2) is 26.8 Å². The first-order chi connectivity index (χ1) is 9.12. The zero-order chi connectivity index (χ0) is 15.2. The fourth-order valence-corrected chi connectivity index (χ4v) is 2.90. The van der Waals surface area contributed by atoms with Crippen LogP contribution in [0.4, 0.5) is 18.9 Å². The van der Waals surface area contributed by atoms with E-state index in [1.165, 1.54) is 0 Å². The molecule has 0 saturated heterocycles. The molecule has 0 spiro atoms. The summed E-state index contributed by atoms with van der Waals surface area (Å²) in [7, 11) is -4.34. The number of alkyl halides is 2. The third kappa shape index (κ3) is 2.38. The Morgan fingerprint density at radius 2 is 2.05 bits per heavy atom. The van der Waals surface area contributed by atoms with Crippen LogP contribution in [0.15, 0.2) is 17.0 Å². The highest BCUT2D eigenvalue weighted by atomic mass is 32.2. The molecule has 1 unspecified atom stereocenters. The Morgan fingerprint density at radius 1 is 1.45 bits per heavy atom. The van der Waals surface area contributed by atoms with Crippen molar-refractivity contribution in [3.8, 4) is 0 Å². The van der Waals surface area contributed by atoms with Gasteiger partial charge in [0.25, 0.3) is 6.43 Å². The van der Waals surface area contributed by atoms with Gasteiger partial charge in [-0.25, -0.2) is 26.7 Å². The lowest BCUT2D eigenvalue weighted by molar-refractivity contribution is -0.117. The molecular formula is C11H11F3N2O3S. The summed E-state index contributed by atoms with van der Waals surface area (Å²) in [6.45, 7) is 1.07. The Hall–Kier alpha value is -1.61. The lowest BCUT2D eigenvalue weighted by Gasteiger charge is -2.23. The molecule has 2 rings (SSSR count). The predicted molar refractivity (Wildman–Crippen MR) is 64.4 cm³/mol. The number of halogens is 3. The maximum absolute atomic E-state index is 13.6. The number of primary sulfonamides is 1. The van der Waals surface area contributed by atoms with Gasteiger partial charge < -0.3 is 4.90 Å². The maximum Gasteiger partial charge on any atom is 0.259 e. The van der Waals surface area contributed by atoms with Crippen LogP contribution in [0.1, 0.15) is 12.5 Å². The molecule has 1 aromatic rings. The molecule has 0 aliphatic carbocycles. The van der Waals surface area contributed by atoms with Crippen molar-refractivity contribution in [3.63, 3.8) is 0 Å². The summed E-state index contributed by atoms with van der Waals surface area (Å²) in [6.07, 6.45) is -3.07. The van der Waals surface area contributed by atoms with Crippen LogP contribution in [0.3, 0.4) is 0 Å². The van der Waals surface area contributed by atoms with E-state index in [0.717, 1.165) is 24.0 Å². The number of amides is 1. The van der Waals surface area contributed by atoms with Crippen LogP contribution in [0.5, 0.6) is 0 Å². The minimum absolute atomic E-state index is 0.0479. The number of benzene rings is 1. The first-order valence-electron chi connectivity index (χ1n) is 5.56. The van der Waals surface area contributed by atoms with E-state index in [1.807, 2.05) is 0 Å². The Kier molecular flexibility index (Phi) is 3.51. The van der Waals surface area contributed by atoms with Crippen molar-refractivity contribution in [2.45, 2.75) is 30.7 Å². The lowest BCUT2D eigenvalue weighted by atomic mass is 10.1. The van der Waals surface area contributed by atoms with Crippen LogP contribution >= 0.6 is 0 Å². The number of hydrogen-bond donors (Lipinski definition) is 1. The third-order valence-corrected chi connectivity index (χ3v) is 4.02. The average molecular weight is 308 g/mol. The van der Waals surface area contributed by atoms with E-state index < -0.39 is 39.1 Å². The van der Waals surface area contributed by atoms with E-state index in [2.05, 4.69) is 0 Å². The number of rotatable bonds is 2. The van der Waals surface area contributed by atoms with E-state index >= 15 is 0 Å². The van der Waals surface area contributed by atoms with Gasteiger partial charge in [0.05, 0.1) is 0 Å². The summed E-state index contributed by atoms with van der Waals surface area (Å²) in [6, 6.07) is 0.217. The normalized spacial score (nSPS) is 18.5. The number of fused-ring (bicyclic) bond motifs is 1. The highest BCUT2D eigenvalue weighted by molar-refractivity contribution is 7.89. The van der Waals surface area contributed by atoms with Gasteiger partial charge in [0.1, 0.15) is 16.8 Å². The van der Waals surface area contributed by atoms with Gasteiger partial charge in [-0.05, 0) is 17.7 Å². The number of nitrogens with zero attached hydrogens (tertiary/aromatic N) is 1. The highest BCUT2D eigenvalue weighted by Gasteiger charge is 2.39. The fourth-order valence-electron chi connectivity index (χ4n) is 2.29. The average Bonchev–Trinajstić information content (AvgIpc) is 2.64. The molecule has 0 radical (unpaired) electrons. The van der Waals surface area contributed by atoms with Crippen molar-refractivity contribution in [2.24, 2.45) is 5.14 Å². The number of nitrogens with two attached hydrogens (primary N) is 1. The summed E-state index contributed by atoms with van der Waals surface area (Å²) >= 11 is 0. The molecule has 20 heavy (non-hydrogen) atoms. The number of sulfonamides is 1. The number of carbonyl (C=O) groups excluding carboxylic acids is 1. The maximum atomic E-state index is 13.6.